The Labute approximate surface area is 165 Å². The average Bonchev–Trinajstić information content (AvgIpc) is 3.36. The fourth-order valence-corrected chi connectivity index (χ4v) is 3.59. The van der Waals surface area contributed by atoms with Crippen LogP contribution in [0, 0.1) is 6.92 Å². The summed E-state index contributed by atoms with van der Waals surface area (Å²) in [5, 5.41) is 7.33. The van der Waals surface area contributed by atoms with E-state index in [0.717, 1.165) is 46.9 Å². The van der Waals surface area contributed by atoms with E-state index in [2.05, 4.69) is 25.5 Å². The molecule has 0 atom stereocenters. The number of hydrogen-bond acceptors (Lipinski definition) is 7. The predicted molar refractivity (Wildman–Crippen MR) is 112 cm³/mol. The number of aromatic nitrogens is 2. The van der Waals surface area contributed by atoms with Crippen LogP contribution in [-0.2, 0) is 0 Å². The first-order valence-electron chi connectivity index (χ1n) is 9.88. The molecule has 3 heterocycles. The normalized spacial score (nSPS) is 14.5. The summed E-state index contributed by atoms with van der Waals surface area (Å²) in [6.07, 6.45) is 5.33. The Morgan fingerprint density at radius 2 is 2.04 bits per heavy atom. The van der Waals surface area contributed by atoms with Gasteiger partial charge in [-0.1, -0.05) is 0 Å². The van der Waals surface area contributed by atoms with Crippen LogP contribution in [0.4, 0.5) is 17.5 Å². The molecule has 2 aromatic heterocycles. The zero-order valence-electron chi connectivity index (χ0n) is 16.5. The minimum atomic E-state index is 0.548. The topological polar surface area (TPSA) is 75.5 Å². The Bertz CT molecular complexity index is 934. The third-order valence-corrected chi connectivity index (χ3v) is 4.96. The zero-order valence-corrected chi connectivity index (χ0v) is 16.5. The van der Waals surface area contributed by atoms with Gasteiger partial charge in [0.1, 0.15) is 5.82 Å². The number of hydrogen-bond donors (Lipinski definition) is 2. The van der Waals surface area contributed by atoms with Crippen LogP contribution in [0.15, 0.2) is 34.9 Å². The summed E-state index contributed by atoms with van der Waals surface area (Å²) in [5.41, 5.74) is 2.54. The lowest BCUT2D eigenvalue weighted by molar-refractivity contribution is 0.263. The molecule has 148 valence electrons. The first-order chi connectivity index (χ1) is 13.7. The maximum Gasteiger partial charge on any atom is 0.229 e. The number of rotatable bonds is 8. The summed E-state index contributed by atoms with van der Waals surface area (Å²) in [7, 11) is 1.84. The van der Waals surface area contributed by atoms with Crippen molar-refractivity contribution in [1.29, 1.82) is 0 Å². The smallest absolute Gasteiger partial charge is 0.229 e. The molecule has 0 bridgehead atoms. The second-order valence-corrected chi connectivity index (χ2v) is 7.16. The molecule has 2 N–H and O–H groups in total. The van der Waals surface area contributed by atoms with Crippen LogP contribution in [0.2, 0.25) is 0 Å². The monoisotopic (exact) mass is 381 g/mol. The van der Waals surface area contributed by atoms with Crippen LogP contribution in [0.25, 0.3) is 11.0 Å². The molecular formula is C21H27N5O2. The Morgan fingerprint density at radius 1 is 1.18 bits per heavy atom. The Kier molecular flexibility index (Phi) is 5.62. The Morgan fingerprint density at radius 3 is 2.86 bits per heavy atom. The van der Waals surface area contributed by atoms with Gasteiger partial charge in [-0.2, -0.15) is 4.98 Å². The lowest BCUT2D eigenvalue weighted by atomic mass is 10.2. The van der Waals surface area contributed by atoms with Crippen LogP contribution in [0.5, 0.6) is 5.75 Å². The van der Waals surface area contributed by atoms with E-state index in [1.54, 1.807) is 6.26 Å². The molecule has 1 aliphatic heterocycles. The highest BCUT2D eigenvalue weighted by Crippen LogP contribution is 2.32. The van der Waals surface area contributed by atoms with Crippen molar-refractivity contribution < 1.29 is 9.15 Å². The maximum absolute atomic E-state index is 6.07. The molecule has 7 nitrogen and oxygen atoms in total. The highest BCUT2D eigenvalue weighted by atomic mass is 16.5. The molecule has 1 aromatic carbocycles. The zero-order chi connectivity index (χ0) is 19.3. The van der Waals surface area contributed by atoms with Gasteiger partial charge in [0, 0.05) is 42.5 Å². The molecule has 0 radical (unpaired) electrons. The van der Waals surface area contributed by atoms with Crippen molar-refractivity contribution in [2.45, 2.75) is 26.2 Å². The predicted octanol–water partition coefficient (Wildman–Crippen LogP) is 4.18. The summed E-state index contributed by atoms with van der Waals surface area (Å²) in [6.45, 7) is 6.13. The molecule has 28 heavy (non-hydrogen) atoms. The summed E-state index contributed by atoms with van der Waals surface area (Å²) < 4.78 is 11.7. The standard InChI is InChI=1S/C21H27N5O2/c1-15-12-19(22-2)25-21(23-15)24-17-13-16-6-11-28-20(16)18(14-17)27-10-5-9-26-7-3-4-8-26/h6,11-14H,3-5,7-10H2,1-2H3,(H2,22,23,24,25). The molecule has 3 aromatic rings. The highest BCUT2D eigenvalue weighted by molar-refractivity contribution is 5.87. The Balaban J connectivity index is 1.47. The number of nitrogens with one attached hydrogen (secondary N) is 2. The molecular weight excluding hydrogens is 354 g/mol. The number of fused-ring (bicyclic) bond motifs is 1. The number of nitrogens with zero attached hydrogens (tertiary/aromatic N) is 3. The molecule has 0 spiro atoms. The lowest BCUT2D eigenvalue weighted by Gasteiger charge is -2.15. The van der Waals surface area contributed by atoms with Crippen molar-refractivity contribution in [3.8, 4) is 5.75 Å². The quantitative estimate of drug-likeness (QED) is 0.567. The van der Waals surface area contributed by atoms with Crippen LogP contribution < -0.4 is 15.4 Å². The number of anilines is 3. The number of likely N-dealkylation sites (tertiary alicyclic amines) is 1. The summed E-state index contributed by atoms with van der Waals surface area (Å²) >= 11 is 0. The minimum absolute atomic E-state index is 0.548. The van der Waals surface area contributed by atoms with E-state index in [9.17, 15) is 0 Å². The van der Waals surface area contributed by atoms with E-state index < -0.39 is 0 Å². The van der Waals surface area contributed by atoms with E-state index >= 15 is 0 Å². The van der Waals surface area contributed by atoms with Gasteiger partial charge in [0.15, 0.2) is 11.3 Å². The lowest BCUT2D eigenvalue weighted by Crippen LogP contribution is -2.21. The van der Waals surface area contributed by atoms with Gasteiger partial charge in [0.2, 0.25) is 5.95 Å². The maximum atomic E-state index is 6.07. The number of ether oxygens (including phenoxy) is 1. The molecule has 1 fully saturated rings. The molecule has 0 aliphatic carbocycles. The molecule has 1 aliphatic rings. The van der Waals surface area contributed by atoms with Crippen LogP contribution in [0.3, 0.4) is 0 Å². The van der Waals surface area contributed by atoms with Crippen molar-refractivity contribution in [1.82, 2.24) is 14.9 Å². The third kappa shape index (κ3) is 4.36. The van der Waals surface area contributed by atoms with Gasteiger partial charge in [-0.25, -0.2) is 4.98 Å². The van der Waals surface area contributed by atoms with Crippen molar-refractivity contribution in [3.63, 3.8) is 0 Å². The molecule has 0 amide bonds. The minimum Gasteiger partial charge on any atom is -0.490 e. The molecule has 1 saturated heterocycles. The van der Waals surface area contributed by atoms with E-state index in [0.29, 0.717) is 12.6 Å². The largest absolute Gasteiger partial charge is 0.490 e. The van der Waals surface area contributed by atoms with E-state index in [4.69, 9.17) is 9.15 Å². The Hall–Kier alpha value is -2.80. The van der Waals surface area contributed by atoms with Crippen LogP contribution >= 0.6 is 0 Å². The SMILES string of the molecule is CNc1cc(C)nc(Nc2cc(OCCCN3CCCC3)c3occc3c2)n1. The van der Waals surface area contributed by atoms with Gasteiger partial charge >= 0.3 is 0 Å². The van der Waals surface area contributed by atoms with Crippen molar-refractivity contribution >= 4 is 28.4 Å². The fourth-order valence-electron chi connectivity index (χ4n) is 3.59. The first-order valence-corrected chi connectivity index (χ1v) is 9.88. The van der Waals surface area contributed by atoms with Gasteiger partial charge in [-0.05, 0) is 51.4 Å². The van der Waals surface area contributed by atoms with E-state index in [1.165, 1.54) is 25.9 Å². The van der Waals surface area contributed by atoms with Crippen molar-refractivity contribution in [2.24, 2.45) is 0 Å². The van der Waals surface area contributed by atoms with Crippen molar-refractivity contribution in [3.05, 3.63) is 36.2 Å². The average molecular weight is 381 g/mol. The van der Waals surface area contributed by atoms with Gasteiger partial charge in [0.05, 0.1) is 12.9 Å². The fraction of sp³-hybridized carbons (Fsp3) is 0.429. The second-order valence-electron chi connectivity index (χ2n) is 7.16. The highest BCUT2D eigenvalue weighted by Gasteiger charge is 2.13. The molecule has 0 saturated carbocycles. The summed E-state index contributed by atoms with van der Waals surface area (Å²) in [4.78, 5) is 11.4. The second kappa shape index (κ2) is 8.48. The van der Waals surface area contributed by atoms with E-state index in [-0.39, 0.29) is 0 Å². The number of aryl methyl sites for hydroxylation is 1. The van der Waals surface area contributed by atoms with E-state index in [1.807, 2.05) is 38.2 Å². The van der Waals surface area contributed by atoms with Crippen LogP contribution in [-0.4, -0.2) is 48.2 Å². The number of benzene rings is 1. The molecule has 7 heteroatoms. The van der Waals surface area contributed by atoms with Gasteiger partial charge in [-0.15, -0.1) is 0 Å². The third-order valence-electron chi connectivity index (χ3n) is 4.96. The van der Waals surface area contributed by atoms with Gasteiger partial charge < -0.3 is 24.7 Å². The van der Waals surface area contributed by atoms with Crippen molar-refractivity contribution in [2.75, 3.05) is 43.9 Å². The van der Waals surface area contributed by atoms with Crippen LogP contribution in [0.1, 0.15) is 25.0 Å². The first kappa shape index (κ1) is 18.6. The summed E-state index contributed by atoms with van der Waals surface area (Å²) in [6, 6.07) is 7.81. The van der Waals surface area contributed by atoms with Gasteiger partial charge in [-0.3, -0.25) is 0 Å². The summed E-state index contributed by atoms with van der Waals surface area (Å²) in [5.74, 6) is 2.07. The molecule has 4 rings (SSSR count). The number of furan rings is 1. The van der Waals surface area contributed by atoms with Gasteiger partial charge in [0.25, 0.3) is 0 Å². The molecule has 0 unspecified atom stereocenters.